The molecular formula is C16H25BrN2. The van der Waals surface area contributed by atoms with Crippen LogP contribution in [0.25, 0.3) is 0 Å². The fourth-order valence-electron chi connectivity index (χ4n) is 2.84. The smallest absolute Gasteiger partial charge is 0.0412 e. The summed E-state index contributed by atoms with van der Waals surface area (Å²) in [5.74, 6) is 0. The van der Waals surface area contributed by atoms with Gasteiger partial charge >= 0.3 is 0 Å². The van der Waals surface area contributed by atoms with E-state index in [1.54, 1.807) is 0 Å². The first-order valence-corrected chi connectivity index (χ1v) is 8.05. The van der Waals surface area contributed by atoms with Crippen molar-refractivity contribution in [1.29, 1.82) is 0 Å². The Hall–Kier alpha value is -0.540. The van der Waals surface area contributed by atoms with Gasteiger partial charge in [-0.25, -0.2) is 0 Å². The van der Waals surface area contributed by atoms with E-state index in [1.165, 1.54) is 43.6 Å². The second-order valence-electron chi connectivity index (χ2n) is 5.95. The van der Waals surface area contributed by atoms with E-state index >= 15 is 0 Å². The highest BCUT2D eigenvalue weighted by Crippen LogP contribution is 2.36. The number of nitrogens with zero attached hydrogens (tertiary/aromatic N) is 1. The normalized spacial score (nSPS) is 18.6. The maximum absolute atomic E-state index is 3.57. The zero-order valence-corrected chi connectivity index (χ0v) is 13.9. The molecule has 0 unspecified atom stereocenters. The molecule has 1 saturated heterocycles. The molecule has 0 aliphatic carbocycles. The minimum atomic E-state index is 0.551. The van der Waals surface area contributed by atoms with Crippen LogP contribution in [0, 0.1) is 5.41 Å². The van der Waals surface area contributed by atoms with Crippen LogP contribution in [-0.4, -0.2) is 20.1 Å². The fraction of sp³-hybridized carbons (Fsp3) is 0.625. The van der Waals surface area contributed by atoms with Gasteiger partial charge in [0.15, 0.2) is 0 Å². The molecule has 1 aromatic rings. The summed E-state index contributed by atoms with van der Waals surface area (Å²) in [4.78, 5) is 2.55. The molecule has 1 N–H and O–H groups in total. The number of anilines is 1. The van der Waals surface area contributed by atoms with Crippen molar-refractivity contribution in [3.8, 4) is 0 Å². The van der Waals surface area contributed by atoms with E-state index in [0.29, 0.717) is 5.41 Å². The third-order valence-corrected chi connectivity index (χ3v) is 5.07. The average Bonchev–Trinajstić information content (AvgIpc) is 2.41. The monoisotopic (exact) mass is 324 g/mol. The molecule has 0 radical (unpaired) electrons. The molecule has 0 bridgehead atoms. The van der Waals surface area contributed by atoms with Gasteiger partial charge in [-0.3, -0.25) is 0 Å². The number of piperidine rings is 1. The summed E-state index contributed by atoms with van der Waals surface area (Å²) in [6, 6.07) is 6.65. The number of hydrogen-bond acceptors (Lipinski definition) is 2. The molecule has 1 heterocycles. The fourth-order valence-corrected chi connectivity index (χ4v) is 3.24. The van der Waals surface area contributed by atoms with Crippen molar-refractivity contribution >= 4 is 21.6 Å². The minimum absolute atomic E-state index is 0.551. The number of rotatable bonds is 4. The Morgan fingerprint density at radius 3 is 2.58 bits per heavy atom. The van der Waals surface area contributed by atoms with Crippen LogP contribution in [-0.2, 0) is 6.54 Å². The molecule has 19 heavy (non-hydrogen) atoms. The molecule has 1 aliphatic heterocycles. The Bertz CT molecular complexity index is 423. The Morgan fingerprint density at radius 2 is 2.00 bits per heavy atom. The highest BCUT2D eigenvalue weighted by atomic mass is 79.9. The molecule has 1 fully saturated rings. The molecule has 2 nitrogen and oxygen atoms in total. The number of hydrogen-bond donors (Lipinski definition) is 1. The Morgan fingerprint density at radius 1 is 1.32 bits per heavy atom. The van der Waals surface area contributed by atoms with E-state index in [0.717, 1.165) is 11.0 Å². The molecular weight excluding hydrogens is 300 g/mol. The first-order valence-electron chi connectivity index (χ1n) is 7.26. The third kappa shape index (κ3) is 3.51. The molecule has 2 rings (SSSR count). The van der Waals surface area contributed by atoms with Crippen LogP contribution in [0.15, 0.2) is 22.7 Å². The predicted octanol–water partition coefficient (Wildman–Crippen LogP) is 4.19. The minimum Gasteiger partial charge on any atom is -0.371 e. The molecule has 0 aromatic heterocycles. The van der Waals surface area contributed by atoms with Gasteiger partial charge in [0.2, 0.25) is 0 Å². The van der Waals surface area contributed by atoms with Crippen LogP contribution in [0.4, 0.5) is 5.69 Å². The lowest BCUT2D eigenvalue weighted by atomic mass is 9.78. The predicted molar refractivity (Wildman–Crippen MR) is 86.8 cm³/mol. The quantitative estimate of drug-likeness (QED) is 0.893. The molecule has 0 saturated carbocycles. The number of benzene rings is 1. The van der Waals surface area contributed by atoms with E-state index < -0.39 is 0 Å². The van der Waals surface area contributed by atoms with Crippen LogP contribution in [0.2, 0.25) is 0 Å². The van der Waals surface area contributed by atoms with Gasteiger partial charge in [0.05, 0.1) is 0 Å². The topological polar surface area (TPSA) is 15.3 Å². The number of nitrogens with one attached hydrogen (secondary N) is 1. The van der Waals surface area contributed by atoms with Gasteiger partial charge in [0.25, 0.3) is 0 Å². The Labute approximate surface area is 125 Å². The van der Waals surface area contributed by atoms with Crippen LogP contribution in [0.5, 0.6) is 0 Å². The van der Waals surface area contributed by atoms with Gasteiger partial charge in [-0.1, -0.05) is 36.2 Å². The maximum Gasteiger partial charge on any atom is 0.0412 e. The highest BCUT2D eigenvalue weighted by molar-refractivity contribution is 9.10. The van der Waals surface area contributed by atoms with Gasteiger partial charge in [0.1, 0.15) is 0 Å². The third-order valence-electron chi connectivity index (χ3n) is 4.57. The van der Waals surface area contributed by atoms with Gasteiger partial charge in [0, 0.05) is 29.8 Å². The Kier molecular flexibility index (Phi) is 4.91. The largest absolute Gasteiger partial charge is 0.371 e. The first-order chi connectivity index (χ1) is 9.08. The summed E-state index contributed by atoms with van der Waals surface area (Å²) in [6.45, 7) is 8.05. The average molecular weight is 325 g/mol. The second-order valence-corrected chi connectivity index (χ2v) is 6.87. The van der Waals surface area contributed by atoms with Crippen molar-refractivity contribution in [3.05, 3.63) is 28.2 Å². The summed E-state index contributed by atoms with van der Waals surface area (Å²) in [5, 5.41) is 3.27. The number of halogens is 1. The van der Waals surface area contributed by atoms with E-state index in [9.17, 15) is 0 Å². The van der Waals surface area contributed by atoms with Gasteiger partial charge in [-0.2, -0.15) is 0 Å². The van der Waals surface area contributed by atoms with Crippen LogP contribution >= 0.6 is 15.9 Å². The lowest BCUT2D eigenvalue weighted by Crippen LogP contribution is -2.39. The van der Waals surface area contributed by atoms with Crippen LogP contribution in [0.1, 0.15) is 38.7 Å². The molecule has 106 valence electrons. The van der Waals surface area contributed by atoms with Crippen LogP contribution < -0.4 is 10.2 Å². The van der Waals surface area contributed by atoms with E-state index in [4.69, 9.17) is 0 Å². The van der Waals surface area contributed by atoms with E-state index in [2.05, 4.69) is 58.2 Å². The summed E-state index contributed by atoms with van der Waals surface area (Å²) >= 11 is 3.57. The highest BCUT2D eigenvalue weighted by Gasteiger charge is 2.28. The summed E-state index contributed by atoms with van der Waals surface area (Å²) in [6.07, 6.45) is 3.90. The molecule has 3 heteroatoms. The summed E-state index contributed by atoms with van der Waals surface area (Å²) in [7, 11) is 2.01. The Balaban J connectivity index is 2.15. The van der Waals surface area contributed by atoms with Gasteiger partial charge in [-0.15, -0.1) is 0 Å². The van der Waals surface area contributed by atoms with Crippen molar-refractivity contribution < 1.29 is 0 Å². The van der Waals surface area contributed by atoms with Crippen molar-refractivity contribution in [2.45, 2.75) is 39.7 Å². The standard InChI is InChI=1S/C16H25BrN2/c1-4-16(2)7-9-19(10-8-16)15-6-5-14(17)11-13(15)12-18-3/h5-6,11,18H,4,7-10,12H2,1-3H3. The second kappa shape index (κ2) is 6.27. The van der Waals surface area contributed by atoms with Crippen molar-refractivity contribution in [2.24, 2.45) is 5.41 Å². The molecule has 0 amide bonds. The zero-order valence-electron chi connectivity index (χ0n) is 12.3. The lowest BCUT2D eigenvalue weighted by Gasteiger charge is -2.40. The molecule has 0 spiro atoms. The van der Waals surface area contributed by atoms with Crippen LogP contribution in [0.3, 0.4) is 0 Å². The van der Waals surface area contributed by atoms with Gasteiger partial charge in [-0.05, 0) is 49.1 Å². The summed E-state index contributed by atoms with van der Waals surface area (Å²) in [5.41, 5.74) is 3.34. The first kappa shape index (κ1) is 14.9. The SMILES string of the molecule is CCC1(C)CCN(c2ccc(Br)cc2CNC)CC1. The van der Waals surface area contributed by atoms with Gasteiger partial charge < -0.3 is 10.2 Å². The molecule has 1 aliphatic rings. The zero-order chi connectivity index (χ0) is 13.9. The lowest BCUT2D eigenvalue weighted by molar-refractivity contribution is 0.238. The van der Waals surface area contributed by atoms with E-state index in [1.807, 2.05) is 7.05 Å². The van der Waals surface area contributed by atoms with Crippen molar-refractivity contribution in [3.63, 3.8) is 0 Å². The molecule has 1 aromatic carbocycles. The maximum atomic E-state index is 3.57. The molecule has 0 atom stereocenters. The summed E-state index contributed by atoms with van der Waals surface area (Å²) < 4.78 is 1.16. The van der Waals surface area contributed by atoms with E-state index in [-0.39, 0.29) is 0 Å². The van der Waals surface area contributed by atoms with Crippen molar-refractivity contribution in [2.75, 3.05) is 25.0 Å². The van der Waals surface area contributed by atoms with Crippen molar-refractivity contribution in [1.82, 2.24) is 5.32 Å².